The highest BCUT2D eigenvalue weighted by molar-refractivity contribution is 5.94. The molecule has 1 amide bonds. The summed E-state index contributed by atoms with van der Waals surface area (Å²) < 4.78 is 0. The summed E-state index contributed by atoms with van der Waals surface area (Å²) in [4.78, 5) is 34.5. The zero-order valence-corrected chi connectivity index (χ0v) is 17.6. The molecular formula is C26H23N3O3. The van der Waals surface area contributed by atoms with Gasteiger partial charge in [-0.15, -0.1) is 0 Å². The number of nitrogens with zero attached hydrogens (tertiary/aromatic N) is 2. The van der Waals surface area contributed by atoms with Crippen molar-refractivity contribution in [2.75, 3.05) is 0 Å². The average Bonchev–Trinajstić information content (AvgIpc) is 2.84. The summed E-state index contributed by atoms with van der Waals surface area (Å²) in [5, 5.41) is 12.6. The number of benzene rings is 3. The van der Waals surface area contributed by atoms with Crippen LogP contribution < -0.4 is 5.32 Å². The highest BCUT2D eigenvalue weighted by atomic mass is 16.4. The van der Waals surface area contributed by atoms with Crippen molar-refractivity contribution in [3.63, 3.8) is 0 Å². The third kappa shape index (κ3) is 4.21. The lowest BCUT2D eigenvalue weighted by molar-refractivity contribution is -0.142. The Bertz CT molecular complexity index is 1200. The molecule has 4 aromatic rings. The molecule has 1 atom stereocenters. The van der Waals surface area contributed by atoms with Crippen molar-refractivity contribution in [3.05, 3.63) is 108 Å². The van der Waals surface area contributed by atoms with Gasteiger partial charge in [-0.2, -0.15) is 0 Å². The van der Waals surface area contributed by atoms with Gasteiger partial charge in [0.1, 0.15) is 6.04 Å². The molecule has 0 radical (unpaired) electrons. The zero-order valence-electron chi connectivity index (χ0n) is 17.6. The number of nitrogens with one attached hydrogen (secondary N) is 1. The van der Waals surface area contributed by atoms with E-state index in [-0.39, 0.29) is 6.42 Å². The minimum Gasteiger partial charge on any atom is -0.480 e. The van der Waals surface area contributed by atoms with E-state index in [9.17, 15) is 14.7 Å². The molecule has 0 spiro atoms. The first-order chi connectivity index (χ1) is 15.5. The second-order valence-corrected chi connectivity index (χ2v) is 7.78. The predicted octanol–water partition coefficient (Wildman–Crippen LogP) is 3.75. The summed E-state index contributed by atoms with van der Waals surface area (Å²) in [5.74, 6) is -1.52. The molecule has 0 saturated heterocycles. The maximum absolute atomic E-state index is 13.6. The number of carbonyl (C=O) groups excluding carboxylic acids is 1. The van der Waals surface area contributed by atoms with Gasteiger partial charge in [-0.05, 0) is 30.2 Å². The molecule has 160 valence electrons. The van der Waals surface area contributed by atoms with Crippen molar-refractivity contribution in [1.82, 2.24) is 15.3 Å². The van der Waals surface area contributed by atoms with Gasteiger partial charge in [0, 0.05) is 12.6 Å². The molecule has 6 heteroatoms. The first kappa shape index (κ1) is 21.2. The second kappa shape index (κ2) is 8.98. The summed E-state index contributed by atoms with van der Waals surface area (Å²) in [7, 11) is 0. The van der Waals surface area contributed by atoms with E-state index in [0.29, 0.717) is 11.2 Å². The Morgan fingerprint density at radius 1 is 0.875 bits per heavy atom. The van der Waals surface area contributed by atoms with Crippen LogP contribution in [0.5, 0.6) is 0 Å². The van der Waals surface area contributed by atoms with Crippen LogP contribution in [0.3, 0.4) is 0 Å². The Balaban J connectivity index is 1.65. The molecule has 0 unspecified atom stereocenters. The van der Waals surface area contributed by atoms with Crippen LogP contribution in [0.15, 0.2) is 91.1 Å². The van der Waals surface area contributed by atoms with Crippen LogP contribution in [0.25, 0.3) is 11.0 Å². The normalized spacial score (nSPS) is 12.3. The monoisotopic (exact) mass is 425 g/mol. The number of carboxylic acid groups (broad SMARTS) is 1. The molecule has 0 aliphatic carbocycles. The predicted molar refractivity (Wildman–Crippen MR) is 122 cm³/mol. The fourth-order valence-electron chi connectivity index (χ4n) is 3.78. The van der Waals surface area contributed by atoms with Crippen molar-refractivity contribution in [3.8, 4) is 0 Å². The van der Waals surface area contributed by atoms with Crippen LogP contribution in [0.2, 0.25) is 0 Å². The minimum atomic E-state index is -1.15. The molecular weight excluding hydrogens is 402 g/mol. The van der Waals surface area contributed by atoms with E-state index >= 15 is 0 Å². The summed E-state index contributed by atoms with van der Waals surface area (Å²) in [5.41, 5.74) is 2.40. The van der Waals surface area contributed by atoms with E-state index in [1.54, 1.807) is 6.20 Å². The lowest BCUT2D eigenvalue weighted by Crippen LogP contribution is -2.50. The first-order valence-corrected chi connectivity index (χ1v) is 10.3. The number of hydrogen-bond donors (Lipinski definition) is 2. The summed E-state index contributed by atoms with van der Waals surface area (Å²) in [6.45, 7) is 1.81. The van der Waals surface area contributed by atoms with E-state index in [4.69, 9.17) is 0 Å². The van der Waals surface area contributed by atoms with Crippen molar-refractivity contribution in [1.29, 1.82) is 0 Å². The number of fused-ring (bicyclic) bond motifs is 1. The topological polar surface area (TPSA) is 92.2 Å². The molecule has 0 saturated carbocycles. The molecule has 32 heavy (non-hydrogen) atoms. The molecule has 0 bridgehead atoms. The smallest absolute Gasteiger partial charge is 0.326 e. The molecule has 2 N–H and O–H groups in total. The second-order valence-electron chi connectivity index (χ2n) is 7.78. The summed E-state index contributed by atoms with van der Waals surface area (Å²) >= 11 is 0. The van der Waals surface area contributed by atoms with Crippen LogP contribution >= 0.6 is 0 Å². The van der Waals surface area contributed by atoms with Crippen LogP contribution in [-0.2, 0) is 21.4 Å². The van der Waals surface area contributed by atoms with Crippen LogP contribution in [-0.4, -0.2) is 33.0 Å². The maximum atomic E-state index is 13.6. The molecule has 0 fully saturated rings. The van der Waals surface area contributed by atoms with Crippen molar-refractivity contribution < 1.29 is 14.7 Å². The van der Waals surface area contributed by atoms with Gasteiger partial charge in [0.05, 0.1) is 22.1 Å². The fraction of sp³-hybridized carbons (Fsp3) is 0.154. The van der Waals surface area contributed by atoms with Gasteiger partial charge in [-0.3, -0.25) is 9.78 Å². The molecule has 6 nitrogen and oxygen atoms in total. The van der Waals surface area contributed by atoms with Crippen LogP contribution in [0.4, 0.5) is 0 Å². The number of aromatic nitrogens is 2. The number of para-hydroxylation sites is 2. The third-order valence-electron chi connectivity index (χ3n) is 5.67. The Morgan fingerprint density at radius 2 is 1.41 bits per heavy atom. The van der Waals surface area contributed by atoms with Crippen LogP contribution in [0.1, 0.15) is 23.7 Å². The number of rotatable bonds is 7. The van der Waals surface area contributed by atoms with E-state index < -0.39 is 23.3 Å². The largest absolute Gasteiger partial charge is 0.480 e. The highest BCUT2D eigenvalue weighted by Crippen LogP contribution is 2.32. The van der Waals surface area contributed by atoms with E-state index in [1.165, 1.54) is 0 Å². The highest BCUT2D eigenvalue weighted by Gasteiger charge is 2.39. The number of carbonyl (C=O) groups is 2. The Hall–Kier alpha value is -4.06. The minimum absolute atomic E-state index is 0.0264. The molecule has 1 heterocycles. The number of aliphatic carboxylic acids is 1. The summed E-state index contributed by atoms with van der Waals surface area (Å²) in [6, 6.07) is 24.9. The Kier molecular flexibility index (Phi) is 5.94. The molecule has 1 aromatic heterocycles. The van der Waals surface area contributed by atoms with Gasteiger partial charge in [0.2, 0.25) is 5.91 Å². The van der Waals surface area contributed by atoms with Crippen molar-refractivity contribution in [2.24, 2.45) is 0 Å². The standard InChI is InChI=1S/C26H23N3O3/c1-26(18-10-4-2-5-11-18,19-12-6-3-7-13-19)25(32)29-23(24(30)31)16-20-17-27-21-14-8-9-15-22(21)28-20/h2-15,17,23H,16H2,1H3,(H,29,32)(H,30,31)/t23-/m0/s1. The molecule has 4 rings (SSSR count). The maximum Gasteiger partial charge on any atom is 0.326 e. The molecule has 0 aliphatic rings. The molecule has 0 aliphatic heterocycles. The zero-order chi connectivity index (χ0) is 22.6. The van der Waals surface area contributed by atoms with Gasteiger partial charge in [-0.25, -0.2) is 9.78 Å². The third-order valence-corrected chi connectivity index (χ3v) is 5.67. The first-order valence-electron chi connectivity index (χ1n) is 10.3. The SMILES string of the molecule is CC(C(=O)N[C@@H](Cc1cnc2ccccc2n1)C(=O)O)(c1ccccc1)c1ccccc1. The summed E-state index contributed by atoms with van der Waals surface area (Å²) in [6.07, 6.45) is 1.58. The molecule has 3 aromatic carbocycles. The van der Waals surface area contributed by atoms with Crippen molar-refractivity contribution in [2.45, 2.75) is 24.8 Å². The van der Waals surface area contributed by atoms with Crippen LogP contribution in [0, 0.1) is 0 Å². The van der Waals surface area contributed by atoms with Gasteiger partial charge >= 0.3 is 5.97 Å². The van der Waals surface area contributed by atoms with E-state index in [0.717, 1.165) is 16.6 Å². The van der Waals surface area contributed by atoms with Gasteiger partial charge in [0.25, 0.3) is 0 Å². The Morgan fingerprint density at radius 3 is 1.97 bits per heavy atom. The van der Waals surface area contributed by atoms with Gasteiger partial charge < -0.3 is 10.4 Å². The number of hydrogen-bond acceptors (Lipinski definition) is 4. The lowest BCUT2D eigenvalue weighted by Gasteiger charge is -2.31. The number of carboxylic acids is 1. The fourth-order valence-corrected chi connectivity index (χ4v) is 3.78. The Labute approximate surface area is 186 Å². The van der Waals surface area contributed by atoms with Gasteiger partial charge in [-0.1, -0.05) is 72.8 Å². The average molecular weight is 425 g/mol. The van der Waals surface area contributed by atoms with E-state index in [1.807, 2.05) is 91.9 Å². The lowest BCUT2D eigenvalue weighted by atomic mass is 9.75. The van der Waals surface area contributed by atoms with Crippen molar-refractivity contribution >= 4 is 22.9 Å². The van der Waals surface area contributed by atoms with Gasteiger partial charge in [0.15, 0.2) is 0 Å². The number of amides is 1. The quantitative estimate of drug-likeness (QED) is 0.471. The van der Waals surface area contributed by atoms with E-state index in [2.05, 4.69) is 15.3 Å².